The first-order valence-corrected chi connectivity index (χ1v) is 12.9. The van der Waals surface area contributed by atoms with Gasteiger partial charge in [0.2, 0.25) is 17.1 Å². The number of ether oxygens (including phenoxy) is 1. The zero-order valence-electron chi connectivity index (χ0n) is 19.9. The van der Waals surface area contributed by atoms with E-state index in [1.165, 1.54) is 16.7 Å². The van der Waals surface area contributed by atoms with Crippen molar-refractivity contribution in [2.45, 2.75) is 24.4 Å². The predicted octanol–water partition coefficient (Wildman–Crippen LogP) is 3.23. The Balaban J connectivity index is 1.37. The number of carbonyl (C=O) groups excluding carboxylic acids is 2. The molecule has 3 heterocycles. The van der Waals surface area contributed by atoms with Crippen molar-refractivity contribution in [1.29, 1.82) is 0 Å². The Kier molecular flexibility index (Phi) is 7.16. The number of benzene rings is 2. The van der Waals surface area contributed by atoms with Crippen LogP contribution in [0.25, 0.3) is 0 Å². The van der Waals surface area contributed by atoms with E-state index in [-0.39, 0.29) is 22.9 Å². The molecular weight excluding hydrogens is 532 g/mol. The quantitative estimate of drug-likeness (QED) is 0.356. The monoisotopic (exact) mass is 552 g/mol. The number of hydrogen-bond acceptors (Lipinski definition) is 9. The summed E-state index contributed by atoms with van der Waals surface area (Å²) in [5.41, 5.74) is 1.14. The van der Waals surface area contributed by atoms with Gasteiger partial charge >= 0.3 is 12.0 Å². The molecule has 2 aromatic carbocycles. The minimum atomic E-state index is -1.17. The Morgan fingerprint density at radius 2 is 1.79 bits per heavy atom. The van der Waals surface area contributed by atoms with E-state index in [2.05, 4.69) is 25.6 Å². The number of carboxylic acid groups (broad SMARTS) is 1. The summed E-state index contributed by atoms with van der Waals surface area (Å²) >= 11 is 7.49. The number of anilines is 1. The number of nitrogens with one attached hydrogen (secondary N) is 2. The number of nitrogens with zero attached hydrogens (tertiary/aromatic N) is 4. The van der Waals surface area contributed by atoms with Gasteiger partial charge in [0.1, 0.15) is 28.9 Å². The Labute approximate surface area is 226 Å². The zero-order valence-corrected chi connectivity index (χ0v) is 21.4. The second-order valence-corrected chi connectivity index (χ2v) is 9.89. The topological polar surface area (TPSA) is 147 Å². The summed E-state index contributed by atoms with van der Waals surface area (Å²) in [5, 5.41) is 14.6. The number of thioether (sulfide) groups is 1. The van der Waals surface area contributed by atoms with E-state index in [1.54, 1.807) is 61.5 Å². The fourth-order valence-electron chi connectivity index (χ4n) is 4.12. The van der Waals surface area contributed by atoms with Crippen LogP contribution in [0.3, 0.4) is 0 Å². The number of carboxylic acids is 1. The van der Waals surface area contributed by atoms with Crippen LogP contribution in [-0.2, 0) is 14.4 Å². The van der Waals surface area contributed by atoms with Crippen LogP contribution in [0.2, 0.25) is 5.28 Å². The average Bonchev–Trinajstić information content (AvgIpc) is 2.90. The lowest BCUT2D eigenvalue weighted by Gasteiger charge is -2.49. The van der Waals surface area contributed by atoms with Gasteiger partial charge in [0, 0.05) is 5.75 Å². The maximum absolute atomic E-state index is 13.5. The third kappa shape index (κ3) is 5.13. The number of hydrogen-bond donors (Lipinski definition) is 3. The number of β-lactam (4-membered cyclic amide) rings is 1. The summed E-state index contributed by atoms with van der Waals surface area (Å²) in [7, 11) is 0. The molecule has 1 aromatic heterocycles. The van der Waals surface area contributed by atoms with Gasteiger partial charge in [0.05, 0.1) is 0 Å². The van der Waals surface area contributed by atoms with Gasteiger partial charge in [-0.2, -0.15) is 15.0 Å². The highest BCUT2D eigenvalue weighted by molar-refractivity contribution is 8.00. The molecular formula is C25H21ClN6O5S. The second-order valence-electron chi connectivity index (χ2n) is 8.44. The minimum absolute atomic E-state index is 0.0136. The number of amides is 2. The van der Waals surface area contributed by atoms with E-state index < -0.39 is 35.2 Å². The third-order valence-corrected chi connectivity index (χ3v) is 7.46. The molecule has 0 saturated carbocycles. The first-order valence-electron chi connectivity index (χ1n) is 11.5. The van der Waals surface area contributed by atoms with Gasteiger partial charge in [-0.05, 0) is 41.8 Å². The number of aliphatic carboxylic acids is 1. The molecule has 194 valence electrons. The van der Waals surface area contributed by atoms with Crippen molar-refractivity contribution < 1.29 is 24.2 Å². The summed E-state index contributed by atoms with van der Waals surface area (Å²) in [6, 6.07) is 15.7. The van der Waals surface area contributed by atoms with Crippen LogP contribution in [0.15, 0.2) is 71.9 Å². The molecule has 11 nitrogen and oxygen atoms in total. The van der Waals surface area contributed by atoms with Gasteiger partial charge in [0.25, 0.3) is 5.91 Å². The molecule has 13 heteroatoms. The van der Waals surface area contributed by atoms with Crippen LogP contribution in [0.5, 0.6) is 11.8 Å². The zero-order chi connectivity index (χ0) is 26.8. The minimum Gasteiger partial charge on any atom is -0.477 e. The van der Waals surface area contributed by atoms with E-state index in [0.29, 0.717) is 22.6 Å². The number of fused-ring (bicyclic) bond motifs is 1. The lowest BCUT2D eigenvalue weighted by Crippen LogP contribution is -2.70. The summed E-state index contributed by atoms with van der Waals surface area (Å²) in [6.07, 6.45) is 0. The maximum Gasteiger partial charge on any atom is 0.352 e. The van der Waals surface area contributed by atoms with Crippen molar-refractivity contribution in [3.8, 4) is 11.8 Å². The van der Waals surface area contributed by atoms with Crippen LogP contribution < -0.4 is 15.4 Å². The van der Waals surface area contributed by atoms with E-state index in [1.807, 2.05) is 6.07 Å². The van der Waals surface area contributed by atoms with Gasteiger partial charge in [-0.25, -0.2) is 4.79 Å². The van der Waals surface area contributed by atoms with E-state index >= 15 is 0 Å². The normalized spacial score (nSPS) is 19.2. The molecule has 0 bridgehead atoms. The van der Waals surface area contributed by atoms with Crippen molar-refractivity contribution in [3.05, 3.63) is 82.8 Å². The van der Waals surface area contributed by atoms with Crippen molar-refractivity contribution in [3.63, 3.8) is 0 Å². The highest BCUT2D eigenvalue weighted by atomic mass is 35.5. The average molecular weight is 553 g/mol. The lowest BCUT2D eigenvalue weighted by molar-refractivity contribution is -0.150. The number of carbonyl (C=O) groups is 3. The molecule has 2 aliphatic heterocycles. The van der Waals surface area contributed by atoms with Crippen molar-refractivity contribution in [2.24, 2.45) is 0 Å². The number of halogens is 1. The standard InChI is InChI=1S/C25H21ClN6O5S/c1-13-12-38-21-17(20(34)32(21)18(13)22(35)36)27-19(33)16(14-8-4-2-5-9-14)28-24-29-23(26)30-25(31-24)37-15-10-6-3-7-11-15/h2-11,16-17,21H,12H2,1H3,(H,27,33)(H,35,36)(H,28,29,30,31)/t16?,17-,21-/m1/s1. The molecule has 0 spiro atoms. The molecule has 1 fully saturated rings. The second kappa shape index (κ2) is 10.7. The number of rotatable bonds is 8. The van der Waals surface area contributed by atoms with Crippen molar-refractivity contribution >= 4 is 47.1 Å². The fraction of sp³-hybridized carbons (Fsp3) is 0.200. The third-order valence-electron chi connectivity index (χ3n) is 5.87. The van der Waals surface area contributed by atoms with Crippen LogP contribution in [-0.4, -0.2) is 59.9 Å². The number of para-hydroxylation sites is 1. The first kappa shape index (κ1) is 25.5. The van der Waals surface area contributed by atoms with Gasteiger partial charge in [0.15, 0.2) is 0 Å². The molecule has 3 atom stereocenters. The van der Waals surface area contributed by atoms with Gasteiger partial charge in [-0.15, -0.1) is 11.8 Å². The Morgan fingerprint density at radius 3 is 2.47 bits per heavy atom. The van der Waals surface area contributed by atoms with E-state index in [9.17, 15) is 19.5 Å². The Bertz CT molecular complexity index is 1420. The molecule has 0 radical (unpaired) electrons. The molecule has 1 unspecified atom stereocenters. The molecule has 38 heavy (non-hydrogen) atoms. The summed E-state index contributed by atoms with van der Waals surface area (Å²) in [5.74, 6) is -1.27. The van der Waals surface area contributed by atoms with Crippen LogP contribution in [0, 0.1) is 0 Å². The van der Waals surface area contributed by atoms with E-state index in [4.69, 9.17) is 16.3 Å². The molecule has 2 aliphatic rings. The summed E-state index contributed by atoms with van der Waals surface area (Å²) in [4.78, 5) is 51.6. The highest BCUT2D eigenvalue weighted by Crippen LogP contribution is 2.40. The molecule has 5 rings (SSSR count). The molecule has 3 aromatic rings. The van der Waals surface area contributed by atoms with Gasteiger partial charge < -0.3 is 20.5 Å². The maximum atomic E-state index is 13.5. The highest BCUT2D eigenvalue weighted by Gasteiger charge is 2.54. The van der Waals surface area contributed by atoms with Crippen LogP contribution >= 0.6 is 23.4 Å². The van der Waals surface area contributed by atoms with Gasteiger partial charge in [-0.1, -0.05) is 48.5 Å². The smallest absolute Gasteiger partial charge is 0.352 e. The Hall–Kier alpha value is -4.16. The van der Waals surface area contributed by atoms with Crippen LogP contribution in [0.1, 0.15) is 18.5 Å². The van der Waals surface area contributed by atoms with Crippen molar-refractivity contribution in [1.82, 2.24) is 25.2 Å². The molecule has 0 aliphatic carbocycles. The first-order chi connectivity index (χ1) is 18.3. The fourth-order valence-corrected chi connectivity index (χ4v) is 5.57. The van der Waals surface area contributed by atoms with Crippen LogP contribution in [0.4, 0.5) is 5.95 Å². The predicted molar refractivity (Wildman–Crippen MR) is 140 cm³/mol. The molecule has 3 N–H and O–H groups in total. The number of aromatic nitrogens is 3. The summed E-state index contributed by atoms with van der Waals surface area (Å²) in [6.45, 7) is 1.68. The molecule has 2 amide bonds. The Morgan fingerprint density at radius 1 is 1.11 bits per heavy atom. The molecule has 1 saturated heterocycles. The SMILES string of the molecule is CC1=C(C(=O)O)N2C(=O)[C@@H](NC(=O)C(Nc3nc(Cl)nc(Oc4ccccc4)n3)c3ccccc3)[C@H]2SC1. The largest absolute Gasteiger partial charge is 0.477 e. The van der Waals surface area contributed by atoms with E-state index in [0.717, 1.165) is 0 Å². The summed E-state index contributed by atoms with van der Waals surface area (Å²) < 4.78 is 5.66. The lowest BCUT2D eigenvalue weighted by atomic mass is 10.0. The van der Waals surface area contributed by atoms with Gasteiger partial charge in [-0.3, -0.25) is 14.5 Å². The van der Waals surface area contributed by atoms with Crippen molar-refractivity contribution in [2.75, 3.05) is 11.1 Å².